The number of likely N-dealkylation sites (N-methyl/N-ethyl adjacent to an activating group) is 1. The molecule has 0 atom stereocenters. The highest BCUT2D eigenvalue weighted by Gasteiger charge is 2.16. The average Bonchev–Trinajstić information content (AvgIpc) is 2.76. The molecular weight excluding hydrogens is 607 g/mol. The van der Waals surface area contributed by atoms with Crippen molar-refractivity contribution in [2.24, 2.45) is 0 Å². The van der Waals surface area contributed by atoms with Gasteiger partial charge in [0.05, 0.1) is 14.1 Å². The summed E-state index contributed by atoms with van der Waals surface area (Å²) in [5.74, 6) is -0.0395. The van der Waals surface area contributed by atoms with Crippen molar-refractivity contribution < 1.29 is 26.4 Å². The first-order valence-corrected chi connectivity index (χ1v) is 13.2. The Labute approximate surface area is 271 Å². The molecule has 3 nitrogen and oxygen atoms in total. The molecule has 0 aliphatic rings. The summed E-state index contributed by atoms with van der Waals surface area (Å²) in [6.07, 6.45) is 21.9. The molecule has 0 fully saturated rings. The highest BCUT2D eigenvalue weighted by Crippen LogP contribution is 2.11. The summed E-state index contributed by atoms with van der Waals surface area (Å²) in [5.41, 5.74) is 1.32. The molecule has 0 radical (unpaired) electrons. The van der Waals surface area contributed by atoms with Crippen LogP contribution in [0.5, 0.6) is 0 Å². The lowest BCUT2D eigenvalue weighted by molar-refractivity contribution is -0.903. The molecule has 0 unspecified atom stereocenters. The molecule has 0 aliphatic carbocycles. The summed E-state index contributed by atoms with van der Waals surface area (Å²) in [6, 6.07) is 10.5. The van der Waals surface area contributed by atoms with Gasteiger partial charge in [0.25, 0.3) is 0 Å². The minimum Gasteiger partial charge on any atom is -1.00 e. The van der Waals surface area contributed by atoms with E-state index < -0.39 is 0 Å². The Bertz CT molecular complexity index is 618. The molecule has 230 valence electrons. The van der Waals surface area contributed by atoms with Crippen molar-refractivity contribution in [3.05, 3.63) is 48.0 Å². The minimum atomic E-state index is -0.0395. The number of allylic oxidation sites excluding steroid dienone is 2. The van der Waals surface area contributed by atoms with E-state index in [4.69, 9.17) is 4.74 Å². The van der Waals surface area contributed by atoms with Crippen LogP contribution < -0.4 is 12.4 Å². The van der Waals surface area contributed by atoms with E-state index in [2.05, 4.69) is 57.4 Å². The number of quaternary nitrogens is 1. The Balaban J connectivity index is -0.000000427. The third kappa shape index (κ3) is 32.3. The summed E-state index contributed by atoms with van der Waals surface area (Å²) >= 11 is 0. The average molecular weight is 662 g/mol. The van der Waals surface area contributed by atoms with Crippen LogP contribution in [0, 0.1) is 0 Å². The van der Waals surface area contributed by atoms with Crippen molar-refractivity contribution in [1.82, 2.24) is 0 Å². The van der Waals surface area contributed by atoms with E-state index >= 15 is 0 Å². The van der Waals surface area contributed by atoms with Crippen molar-refractivity contribution in [2.45, 2.75) is 103 Å². The zero-order chi connectivity index (χ0) is 23.3. The highest BCUT2D eigenvalue weighted by molar-refractivity contribution is 5.86. The van der Waals surface area contributed by atoms with Gasteiger partial charge in [-0.3, -0.25) is 4.79 Å². The molecule has 0 amide bonds. The molecule has 0 aromatic heterocycles. The molecule has 0 saturated carbocycles. The second-order valence-electron chi connectivity index (χ2n) is 9.86. The second-order valence-corrected chi connectivity index (χ2v) is 9.86. The van der Waals surface area contributed by atoms with Gasteiger partial charge in [0, 0.05) is 12.0 Å². The molecule has 0 saturated heterocycles. The number of nitrogens with zero attached hydrogens (tertiary/aromatic N) is 1. The lowest BCUT2D eigenvalue weighted by Crippen LogP contribution is -3.00. The first-order valence-electron chi connectivity index (χ1n) is 13.2. The van der Waals surface area contributed by atoms with Gasteiger partial charge < -0.3 is 21.6 Å². The minimum absolute atomic E-state index is 0. The number of esters is 1. The smallest absolute Gasteiger partial charge is 0.305 e. The molecule has 1 aromatic rings. The van der Waals surface area contributed by atoms with Crippen LogP contribution >= 0.6 is 62.0 Å². The number of benzene rings is 1. The maximum atomic E-state index is 12.0. The van der Waals surface area contributed by atoms with Gasteiger partial charge in [0.1, 0.15) is 19.7 Å². The Morgan fingerprint density at radius 2 is 1.21 bits per heavy atom. The summed E-state index contributed by atoms with van der Waals surface area (Å²) in [6.45, 7) is 4.57. The number of hydrogen-bond donors (Lipinski definition) is 0. The van der Waals surface area contributed by atoms with E-state index in [-0.39, 0.29) is 80.4 Å². The third-order valence-corrected chi connectivity index (χ3v) is 6.06. The molecule has 0 N–H and O–H groups in total. The fourth-order valence-corrected chi connectivity index (χ4v) is 3.98. The lowest BCUT2D eigenvalue weighted by atomic mass is 10.1. The number of carbonyl (C=O) groups is 1. The summed E-state index contributed by atoms with van der Waals surface area (Å²) < 4.78 is 6.30. The molecule has 0 heterocycles. The quantitative estimate of drug-likeness (QED) is 0.0654. The predicted molar refractivity (Wildman–Crippen MR) is 174 cm³/mol. The highest BCUT2D eigenvalue weighted by atomic mass is 35.5. The molecule has 38 heavy (non-hydrogen) atoms. The number of rotatable bonds is 20. The first kappa shape index (κ1) is 50.9. The zero-order valence-electron chi connectivity index (χ0n) is 23.7. The Hall–Kier alpha value is 0.130. The van der Waals surface area contributed by atoms with Crippen molar-refractivity contribution in [2.75, 3.05) is 27.2 Å². The molecule has 1 aromatic carbocycles. The number of hydrogen-bond acceptors (Lipinski definition) is 2. The Morgan fingerprint density at radius 1 is 0.737 bits per heavy atom. The van der Waals surface area contributed by atoms with Crippen LogP contribution in [0.1, 0.15) is 102 Å². The molecule has 0 aliphatic heterocycles. The summed E-state index contributed by atoms with van der Waals surface area (Å²) in [5, 5.41) is 0. The van der Waals surface area contributed by atoms with Crippen molar-refractivity contribution in [1.29, 1.82) is 0 Å². The van der Waals surface area contributed by atoms with Gasteiger partial charge in [0.2, 0.25) is 0 Å². The van der Waals surface area contributed by atoms with Gasteiger partial charge in [-0.2, -0.15) is 0 Å². The van der Waals surface area contributed by atoms with E-state index in [0.29, 0.717) is 13.0 Å². The maximum Gasteiger partial charge on any atom is 0.305 e. The lowest BCUT2D eigenvalue weighted by Gasteiger charge is -2.29. The van der Waals surface area contributed by atoms with Crippen LogP contribution in [0.25, 0.3) is 0 Å². The second kappa shape index (κ2) is 35.2. The zero-order valence-corrected chi connectivity index (χ0v) is 28.6. The van der Waals surface area contributed by atoms with Crippen molar-refractivity contribution in [3.8, 4) is 0 Å². The van der Waals surface area contributed by atoms with Gasteiger partial charge in [0.15, 0.2) is 0 Å². The number of ether oxygens (including phenoxy) is 1. The normalized spacial score (nSPS) is 9.97. The number of halogens is 6. The van der Waals surface area contributed by atoms with Crippen LogP contribution in [-0.2, 0) is 16.1 Å². The number of carbonyl (C=O) groups excluding carboxylic acids is 1. The first-order chi connectivity index (χ1) is 15.5. The Kier molecular flexibility index (Phi) is 47.1. The molecule has 0 bridgehead atoms. The summed E-state index contributed by atoms with van der Waals surface area (Å²) in [7, 11) is 4.37. The third-order valence-electron chi connectivity index (χ3n) is 6.06. The summed E-state index contributed by atoms with van der Waals surface area (Å²) in [4.78, 5) is 12.0. The Morgan fingerprint density at radius 3 is 1.74 bits per heavy atom. The van der Waals surface area contributed by atoms with E-state index in [9.17, 15) is 4.79 Å². The van der Waals surface area contributed by atoms with Crippen LogP contribution in [0.2, 0.25) is 0 Å². The van der Waals surface area contributed by atoms with Gasteiger partial charge in [-0.15, -0.1) is 62.0 Å². The van der Waals surface area contributed by atoms with Gasteiger partial charge in [-0.25, -0.2) is 0 Å². The van der Waals surface area contributed by atoms with Crippen LogP contribution in [0.4, 0.5) is 0 Å². The molecule has 0 spiro atoms. The maximum absolute atomic E-state index is 12.0. The SMILES string of the molecule is CCCCCCCC/C=C\CCCCCCCC(=O)OCC[N+](C)(C)Cc1ccccc1.Cl.Cl.Cl.Cl.Cl.[Cl-]. The van der Waals surface area contributed by atoms with E-state index in [1.54, 1.807) is 0 Å². The van der Waals surface area contributed by atoms with E-state index in [1.807, 2.05) is 6.07 Å². The molecule has 1 rings (SSSR count). The van der Waals surface area contributed by atoms with Crippen molar-refractivity contribution >= 4 is 68.0 Å². The van der Waals surface area contributed by atoms with Crippen LogP contribution in [0.15, 0.2) is 42.5 Å². The van der Waals surface area contributed by atoms with Crippen LogP contribution in [0.3, 0.4) is 0 Å². The predicted octanol–water partition coefficient (Wildman–Crippen LogP) is 6.96. The van der Waals surface area contributed by atoms with E-state index in [0.717, 1.165) is 30.4 Å². The molecular formula is C29H55Cl6NO2. The van der Waals surface area contributed by atoms with Gasteiger partial charge in [-0.05, 0) is 32.1 Å². The standard InChI is InChI=1S/C29H50NO2.6ClH/c1-4-5-6-7-8-9-10-11-12-13-14-15-16-17-21-24-29(31)32-26-25-30(2,3)27-28-22-19-18-20-23-28;;;;;;/h11-12,18-20,22-23H,4-10,13-17,21,24-27H2,1-3H3;6*1H/q+1;;;;;;/p-1/b12-11-;;;;;;. The van der Waals surface area contributed by atoms with Gasteiger partial charge >= 0.3 is 5.97 Å². The fraction of sp³-hybridized carbons (Fsp3) is 0.690. The largest absolute Gasteiger partial charge is 1.00 e. The molecule has 9 heteroatoms. The number of unbranched alkanes of at least 4 members (excludes halogenated alkanes) is 11. The fourth-order valence-electron chi connectivity index (χ4n) is 3.98. The van der Waals surface area contributed by atoms with E-state index in [1.165, 1.54) is 76.2 Å². The monoisotopic (exact) mass is 659 g/mol. The van der Waals surface area contributed by atoms with Crippen LogP contribution in [-0.4, -0.2) is 37.7 Å². The topological polar surface area (TPSA) is 26.3 Å². The van der Waals surface area contributed by atoms with Gasteiger partial charge in [-0.1, -0.05) is 101 Å². The van der Waals surface area contributed by atoms with Crippen molar-refractivity contribution in [3.63, 3.8) is 0 Å².